The summed E-state index contributed by atoms with van der Waals surface area (Å²) >= 11 is 3.32. The number of amides is 1. The number of carbonyl (C=O) groups excluding carboxylic acids is 2. The number of aliphatic hydroxyl groups excluding tert-OH is 1. The minimum atomic E-state index is -0.580. The zero-order valence-corrected chi connectivity index (χ0v) is 20.2. The third-order valence-electron chi connectivity index (χ3n) is 6.34. The third kappa shape index (κ3) is 3.48. The van der Waals surface area contributed by atoms with Crippen LogP contribution in [0, 0.1) is 5.41 Å². The highest BCUT2D eigenvalue weighted by molar-refractivity contribution is 9.10. The minimum Gasteiger partial charge on any atom is -0.464 e. The van der Waals surface area contributed by atoms with Crippen molar-refractivity contribution in [3.63, 3.8) is 0 Å². The van der Waals surface area contributed by atoms with E-state index >= 15 is 0 Å². The van der Waals surface area contributed by atoms with Gasteiger partial charge in [0.1, 0.15) is 11.5 Å². The molecule has 0 atom stereocenters. The third-order valence-corrected chi connectivity index (χ3v) is 6.92. The van der Waals surface area contributed by atoms with Gasteiger partial charge in [0.05, 0.1) is 23.9 Å². The molecule has 0 bridgehead atoms. The van der Waals surface area contributed by atoms with Crippen molar-refractivity contribution in [1.82, 2.24) is 19.3 Å². The number of aromatic nitrogens is 4. The summed E-state index contributed by atoms with van der Waals surface area (Å²) in [7, 11) is 1.28. The van der Waals surface area contributed by atoms with E-state index in [9.17, 15) is 14.7 Å². The lowest BCUT2D eigenvalue weighted by molar-refractivity contribution is 0.0592. The van der Waals surface area contributed by atoms with E-state index in [0.717, 1.165) is 12.8 Å². The summed E-state index contributed by atoms with van der Waals surface area (Å²) < 4.78 is 8.84. The minimum absolute atomic E-state index is 0.115. The second kappa shape index (κ2) is 7.81. The molecule has 0 saturated heterocycles. The van der Waals surface area contributed by atoms with Crippen molar-refractivity contribution in [3.05, 3.63) is 57.2 Å². The standard InChI is InChI=1S/C23H24BrN5O4/c1-23(2)9-13-8-17-21(31)28(7-6-27(17)18(13)10-23)20-14(12-30)16(4-5-25-20)29-11-15(24)19(26-29)22(32)33-3/h4-5,8,11,30H,6-7,9-10,12H2,1-3H3. The van der Waals surface area contributed by atoms with Crippen molar-refractivity contribution in [1.29, 1.82) is 0 Å². The number of halogens is 1. The van der Waals surface area contributed by atoms with Crippen LogP contribution in [0.15, 0.2) is 29.0 Å². The van der Waals surface area contributed by atoms with Crippen LogP contribution in [0.25, 0.3) is 5.69 Å². The molecule has 0 fully saturated rings. The molecule has 1 aliphatic carbocycles. The van der Waals surface area contributed by atoms with Crippen LogP contribution in [0.4, 0.5) is 5.82 Å². The average Bonchev–Trinajstić information content (AvgIpc) is 3.42. The Labute approximate surface area is 199 Å². The zero-order valence-electron chi connectivity index (χ0n) is 18.6. The number of carbonyl (C=O) groups is 2. The Balaban J connectivity index is 1.53. The molecule has 0 unspecified atom stereocenters. The molecule has 2 aliphatic rings. The molecular formula is C23H24BrN5O4. The topological polar surface area (TPSA) is 102 Å². The van der Waals surface area contributed by atoms with Crippen molar-refractivity contribution < 1.29 is 19.4 Å². The van der Waals surface area contributed by atoms with E-state index in [2.05, 4.69) is 44.4 Å². The summed E-state index contributed by atoms with van der Waals surface area (Å²) in [5.74, 6) is -0.326. The molecule has 5 rings (SSSR count). The van der Waals surface area contributed by atoms with Gasteiger partial charge in [-0.2, -0.15) is 5.10 Å². The maximum Gasteiger partial charge on any atom is 0.359 e. The van der Waals surface area contributed by atoms with Gasteiger partial charge in [-0.15, -0.1) is 0 Å². The molecule has 1 amide bonds. The van der Waals surface area contributed by atoms with Gasteiger partial charge in [0, 0.05) is 36.7 Å². The molecule has 9 nitrogen and oxygen atoms in total. The van der Waals surface area contributed by atoms with Gasteiger partial charge in [0.25, 0.3) is 5.91 Å². The van der Waals surface area contributed by atoms with E-state index in [1.54, 1.807) is 23.4 Å². The van der Waals surface area contributed by atoms with E-state index in [-0.39, 0.29) is 23.6 Å². The molecule has 0 saturated carbocycles. The number of esters is 1. The van der Waals surface area contributed by atoms with Crippen molar-refractivity contribution in [2.45, 2.75) is 39.8 Å². The molecule has 4 heterocycles. The quantitative estimate of drug-likeness (QED) is 0.538. The van der Waals surface area contributed by atoms with Crippen molar-refractivity contribution in [3.8, 4) is 5.69 Å². The first-order valence-electron chi connectivity index (χ1n) is 10.7. The Morgan fingerprint density at radius 1 is 1.30 bits per heavy atom. The highest BCUT2D eigenvalue weighted by atomic mass is 79.9. The predicted octanol–water partition coefficient (Wildman–Crippen LogP) is 2.90. The molecule has 0 radical (unpaired) electrons. The molecule has 0 aromatic carbocycles. The molecule has 10 heteroatoms. The Hall–Kier alpha value is -2.98. The Bertz CT molecular complexity index is 1290. The first kappa shape index (κ1) is 21.8. The van der Waals surface area contributed by atoms with Crippen molar-refractivity contribution in [2.75, 3.05) is 18.6 Å². The highest BCUT2D eigenvalue weighted by Gasteiger charge is 2.37. The van der Waals surface area contributed by atoms with Crippen LogP contribution < -0.4 is 4.90 Å². The summed E-state index contributed by atoms with van der Waals surface area (Å²) in [6.07, 6.45) is 5.10. The lowest BCUT2D eigenvalue weighted by atomic mass is 9.90. The Kier molecular flexibility index (Phi) is 5.17. The summed E-state index contributed by atoms with van der Waals surface area (Å²) in [6, 6.07) is 3.69. The first-order chi connectivity index (χ1) is 15.7. The number of fused-ring (bicyclic) bond motifs is 3. The molecule has 0 spiro atoms. The average molecular weight is 514 g/mol. The Morgan fingerprint density at radius 3 is 2.82 bits per heavy atom. The van der Waals surface area contributed by atoms with E-state index in [1.807, 2.05) is 6.07 Å². The normalized spacial score (nSPS) is 16.6. The van der Waals surface area contributed by atoms with E-state index < -0.39 is 5.97 Å². The van der Waals surface area contributed by atoms with Gasteiger partial charge in [-0.3, -0.25) is 9.69 Å². The van der Waals surface area contributed by atoms with E-state index in [4.69, 9.17) is 4.74 Å². The highest BCUT2D eigenvalue weighted by Crippen LogP contribution is 2.39. The van der Waals surface area contributed by atoms with Gasteiger partial charge in [0.2, 0.25) is 0 Å². The van der Waals surface area contributed by atoms with Crippen LogP contribution in [0.5, 0.6) is 0 Å². The molecule has 33 heavy (non-hydrogen) atoms. The second-order valence-corrected chi connectivity index (χ2v) is 10.0. The maximum atomic E-state index is 13.5. The molecular weight excluding hydrogens is 490 g/mol. The number of pyridine rings is 1. The Morgan fingerprint density at radius 2 is 2.09 bits per heavy atom. The van der Waals surface area contributed by atoms with Crippen molar-refractivity contribution in [2.24, 2.45) is 5.41 Å². The fourth-order valence-electron chi connectivity index (χ4n) is 4.89. The lowest BCUT2D eigenvalue weighted by Gasteiger charge is -2.30. The number of aliphatic hydroxyl groups is 1. The molecule has 3 aromatic rings. The molecule has 3 aromatic heterocycles. The van der Waals surface area contributed by atoms with Gasteiger partial charge in [-0.25, -0.2) is 14.5 Å². The fraction of sp³-hybridized carbons (Fsp3) is 0.391. The summed E-state index contributed by atoms with van der Waals surface area (Å²) in [5, 5.41) is 14.5. The second-order valence-electron chi connectivity index (χ2n) is 9.18. The molecule has 1 N–H and O–H groups in total. The zero-order chi connectivity index (χ0) is 23.5. The number of anilines is 1. The van der Waals surface area contributed by atoms with Gasteiger partial charge >= 0.3 is 5.97 Å². The van der Waals surface area contributed by atoms with Crippen LogP contribution in [0.3, 0.4) is 0 Å². The summed E-state index contributed by atoms with van der Waals surface area (Å²) in [6.45, 7) is 5.27. The van der Waals surface area contributed by atoms with E-state index in [1.165, 1.54) is 23.0 Å². The van der Waals surface area contributed by atoms with E-state index in [0.29, 0.717) is 40.3 Å². The van der Waals surface area contributed by atoms with Gasteiger partial charge in [0.15, 0.2) is 5.69 Å². The first-order valence-corrected chi connectivity index (χ1v) is 11.5. The monoisotopic (exact) mass is 513 g/mol. The lowest BCUT2D eigenvalue weighted by Crippen LogP contribution is -2.41. The van der Waals surface area contributed by atoms with Crippen LogP contribution >= 0.6 is 15.9 Å². The number of methoxy groups -OCH3 is 1. The van der Waals surface area contributed by atoms with Crippen molar-refractivity contribution >= 4 is 33.6 Å². The van der Waals surface area contributed by atoms with Crippen LogP contribution in [0.1, 0.15) is 51.6 Å². The van der Waals surface area contributed by atoms with Gasteiger partial charge in [-0.05, 0) is 51.9 Å². The largest absolute Gasteiger partial charge is 0.464 e. The van der Waals surface area contributed by atoms with Gasteiger partial charge < -0.3 is 14.4 Å². The summed E-state index contributed by atoms with van der Waals surface area (Å²) in [5.41, 5.74) is 4.46. The number of nitrogens with zero attached hydrogens (tertiary/aromatic N) is 5. The van der Waals surface area contributed by atoms with Crippen LogP contribution in [-0.2, 0) is 30.7 Å². The SMILES string of the molecule is COC(=O)c1nn(-c2ccnc(N3CCn4c(cc5c4CC(C)(C)C5)C3=O)c2CO)cc1Br. The number of ether oxygens (including phenoxy) is 1. The maximum absolute atomic E-state index is 13.5. The number of hydrogen-bond donors (Lipinski definition) is 1. The van der Waals surface area contributed by atoms with Crippen LogP contribution in [-0.4, -0.2) is 50.0 Å². The van der Waals surface area contributed by atoms with Crippen LogP contribution in [0.2, 0.25) is 0 Å². The number of rotatable bonds is 4. The molecule has 172 valence electrons. The predicted molar refractivity (Wildman–Crippen MR) is 124 cm³/mol. The smallest absolute Gasteiger partial charge is 0.359 e. The number of hydrogen-bond acceptors (Lipinski definition) is 6. The van der Waals surface area contributed by atoms with Gasteiger partial charge in [-0.1, -0.05) is 13.8 Å². The fourth-order valence-corrected chi connectivity index (χ4v) is 5.33. The molecule has 1 aliphatic heterocycles. The summed E-state index contributed by atoms with van der Waals surface area (Å²) in [4.78, 5) is 31.5.